The fraction of sp³-hybridized carbons (Fsp3) is 0.200. The van der Waals surface area contributed by atoms with Crippen molar-refractivity contribution >= 4 is 21.7 Å². The third-order valence-electron chi connectivity index (χ3n) is 3.93. The largest absolute Gasteiger partial charge is 0.495 e. The average Bonchev–Trinajstić information content (AvgIpc) is 2.67. The second-order valence-corrected chi connectivity index (χ2v) is 8.28. The standard InChI is InChI=1S/C20H21FN4O3S/c1-13(2)25-29(26,27)17-7-8-19(28-3)18(10-17)24-20-22-11-15(12-23-20)14-5-4-6-16(21)9-14/h4-13,25H,1-3H3,(H,22,23,24). The van der Waals surface area contributed by atoms with Crippen LogP contribution in [0.3, 0.4) is 0 Å². The molecule has 152 valence electrons. The summed E-state index contributed by atoms with van der Waals surface area (Å²) < 4.78 is 46.1. The van der Waals surface area contributed by atoms with Crippen LogP contribution in [0, 0.1) is 5.82 Å². The summed E-state index contributed by atoms with van der Waals surface area (Å²) in [7, 11) is -2.19. The minimum atomic E-state index is -3.67. The van der Waals surface area contributed by atoms with Gasteiger partial charge in [0.2, 0.25) is 16.0 Å². The lowest BCUT2D eigenvalue weighted by molar-refractivity contribution is 0.416. The second-order valence-electron chi connectivity index (χ2n) is 6.57. The van der Waals surface area contributed by atoms with Crippen molar-refractivity contribution in [3.63, 3.8) is 0 Å². The number of hydrogen-bond donors (Lipinski definition) is 2. The van der Waals surface area contributed by atoms with Crippen LogP contribution in [0.5, 0.6) is 5.75 Å². The van der Waals surface area contributed by atoms with Crippen molar-refractivity contribution in [1.29, 1.82) is 0 Å². The third-order valence-corrected chi connectivity index (χ3v) is 5.58. The lowest BCUT2D eigenvalue weighted by Gasteiger charge is -2.14. The first kappa shape index (κ1) is 20.7. The van der Waals surface area contributed by atoms with E-state index in [-0.39, 0.29) is 22.7 Å². The molecular weight excluding hydrogens is 395 g/mol. The maximum atomic E-state index is 13.4. The number of benzene rings is 2. The fourth-order valence-electron chi connectivity index (χ4n) is 2.66. The normalized spacial score (nSPS) is 11.5. The summed E-state index contributed by atoms with van der Waals surface area (Å²) in [6, 6.07) is 10.4. The molecule has 0 radical (unpaired) electrons. The first-order valence-electron chi connectivity index (χ1n) is 8.84. The van der Waals surface area contributed by atoms with Gasteiger partial charge in [0.1, 0.15) is 11.6 Å². The quantitative estimate of drug-likeness (QED) is 0.610. The molecule has 0 fully saturated rings. The molecule has 0 saturated heterocycles. The van der Waals surface area contributed by atoms with E-state index in [4.69, 9.17) is 4.74 Å². The Kier molecular flexibility index (Phi) is 6.09. The minimum Gasteiger partial charge on any atom is -0.495 e. The van der Waals surface area contributed by atoms with Gasteiger partial charge in [-0.1, -0.05) is 12.1 Å². The lowest BCUT2D eigenvalue weighted by atomic mass is 10.1. The number of rotatable bonds is 7. The number of hydrogen-bond acceptors (Lipinski definition) is 6. The number of anilines is 2. The summed E-state index contributed by atoms with van der Waals surface area (Å²) in [5.41, 5.74) is 1.71. The van der Waals surface area contributed by atoms with Gasteiger partial charge in [0, 0.05) is 24.0 Å². The molecule has 0 unspecified atom stereocenters. The predicted octanol–water partition coefficient (Wildman–Crippen LogP) is 3.72. The lowest BCUT2D eigenvalue weighted by Crippen LogP contribution is -2.30. The van der Waals surface area contributed by atoms with Crippen LogP contribution in [0.25, 0.3) is 11.1 Å². The Morgan fingerprint density at radius 1 is 1.03 bits per heavy atom. The van der Waals surface area contributed by atoms with E-state index < -0.39 is 10.0 Å². The highest BCUT2D eigenvalue weighted by molar-refractivity contribution is 7.89. The second kappa shape index (κ2) is 8.54. The maximum Gasteiger partial charge on any atom is 0.240 e. The van der Waals surface area contributed by atoms with Gasteiger partial charge in [0.25, 0.3) is 0 Å². The van der Waals surface area contributed by atoms with E-state index >= 15 is 0 Å². The van der Waals surface area contributed by atoms with E-state index in [1.807, 2.05) is 0 Å². The van der Waals surface area contributed by atoms with Gasteiger partial charge in [0.05, 0.1) is 17.7 Å². The van der Waals surface area contributed by atoms with Gasteiger partial charge in [-0.05, 0) is 49.7 Å². The number of ether oxygens (including phenoxy) is 1. The molecule has 0 aliphatic heterocycles. The van der Waals surface area contributed by atoms with Crippen LogP contribution in [0.15, 0.2) is 59.8 Å². The highest BCUT2D eigenvalue weighted by atomic mass is 32.2. The Bertz CT molecular complexity index is 1100. The molecule has 0 aliphatic carbocycles. The highest BCUT2D eigenvalue weighted by Crippen LogP contribution is 2.30. The Morgan fingerprint density at radius 2 is 1.76 bits per heavy atom. The van der Waals surface area contributed by atoms with E-state index in [2.05, 4.69) is 20.0 Å². The molecule has 9 heteroatoms. The van der Waals surface area contributed by atoms with Crippen molar-refractivity contribution in [1.82, 2.24) is 14.7 Å². The van der Waals surface area contributed by atoms with Gasteiger partial charge < -0.3 is 10.1 Å². The molecule has 0 aliphatic rings. The van der Waals surface area contributed by atoms with Crippen molar-refractivity contribution in [2.24, 2.45) is 0 Å². The summed E-state index contributed by atoms with van der Waals surface area (Å²) in [6.45, 7) is 3.49. The molecule has 0 spiro atoms. The minimum absolute atomic E-state index is 0.0888. The van der Waals surface area contributed by atoms with Crippen LogP contribution < -0.4 is 14.8 Å². The van der Waals surface area contributed by atoms with E-state index in [9.17, 15) is 12.8 Å². The van der Waals surface area contributed by atoms with Crippen LogP contribution in [-0.4, -0.2) is 31.5 Å². The van der Waals surface area contributed by atoms with E-state index in [0.29, 0.717) is 22.6 Å². The topological polar surface area (TPSA) is 93.2 Å². The Labute approximate surface area is 169 Å². The van der Waals surface area contributed by atoms with Crippen LogP contribution in [0.2, 0.25) is 0 Å². The van der Waals surface area contributed by atoms with Crippen molar-refractivity contribution in [3.05, 3.63) is 60.7 Å². The smallest absolute Gasteiger partial charge is 0.240 e. The summed E-state index contributed by atoms with van der Waals surface area (Å²) in [5.74, 6) is 0.337. The summed E-state index contributed by atoms with van der Waals surface area (Å²) in [5, 5.41) is 2.97. The highest BCUT2D eigenvalue weighted by Gasteiger charge is 2.18. The van der Waals surface area contributed by atoms with Gasteiger partial charge in [-0.15, -0.1) is 0 Å². The first-order chi connectivity index (χ1) is 13.8. The molecule has 29 heavy (non-hydrogen) atoms. The zero-order valence-electron chi connectivity index (χ0n) is 16.2. The van der Waals surface area contributed by atoms with Crippen LogP contribution in [-0.2, 0) is 10.0 Å². The van der Waals surface area contributed by atoms with Crippen LogP contribution in [0.4, 0.5) is 16.0 Å². The molecule has 2 N–H and O–H groups in total. The SMILES string of the molecule is COc1ccc(S(=O)(=O)NC(C)C)cc1Nc1ncc(-c2cccc(F)c2)cn1. The zero-order chi connectivity index (χ0) is 21.0. The van der Waals surface area contributed by atoms with Crippen molar-refractivity contribution in [3.8, 4) is 16.9 Å². The molecule has 0 atom stereocenters. The number of nitrogens with zero attached hydrogens (tertiary/aromatic N) is 2. The first-order valence-corrected chi connectivity index (χ1v) is 10.3. The molecule has 0 amide bonds. The maximum absolute atomic E-state index is 13.4. The monoisotopic (exact) mass is 416 g/mol. The van der Waals surface area contributed by atoms with E-state index in [0.717, 1.165) is 0 Å². The van der Waals surface area contributed by atoms with Crippen molar-refractivity contribution in [2.45, 2.75) is 24.8 Å². The number of halogens is 1. The van der Waals surface area contributed by atoms with Gasteiger partial charge in [-0.3, -0.25) is 0 Å². The number of methoxy groups -OCH3 is 1. The van der Waals surface area contributed by atoms with Gasteiger partial charge >= 0.3 is 0 Å². The molecule has 1 heterocycles. The molecule has 3 aromatic rings. The van der Waals surface area contributed by atoms with Gasteiger partial charge in [-0.25, -0.2) is 27.5 Å². The van der Waals surface area contributed by atoms with E-state index in [1.165, 1.54) is 31.4 Å². The molecule has 0 saturated carbocycles. The van der Waals surface area contributed by atoms with Crippen LogP contribution >= 0.6 is 0 Å². The molecule has 3 rings (SSSR count). The third kappa shape index (κ3) is 5.07. The molecule has 2 aromatic carbocycles. The number of sulfonamides is 1. The Morgan fingerprint density at radius 3 is 2.38 bits per heavy atom. The molecule has 0 bridgehead atoms. The van der Waals surface area contributed by atoms with Crippen molar-refractivity contribution in [2.75, 3.05) is 12.4 Å². The van der Waals surface area contributed by atoms with Gasteiger partial charge in [0.15, 0.2) is 0 Å². The molecular formula is C20H21FN4O3S. The summed E-state index contributed by atoms with van der Waals surface area (Å²) in [4.78, 5) is 8.55. The summed E-state index contributed by atoms with van der Waals surface area (Å²) in [6.07, 6.45) is 3.11. The average molecular weight is 416 g/mol. The predicted molar refractivity (Wildman–Crippen MR) is 109 cm³/mol. The van der Waals surface area contributed by atoms with Crippen molar-refractivity contribution < 1.29 is 17.5 Å². The Balaban J connectivity index is 1.88. The molecule has 1 aromatic heterocycles. The van der Waals surface area contributed by atoms with E-state index in [1.54, 1.807) is 44.4 Å². The number of nitrogens with one attached hydrogen (secondary N) is 2. The van der Waals surface area contributed by atoms with Crippen LogP contribution in [0.1, 0.15) is 13.8 Å². The molecule has 7 nitrogen and oxygen atoms in total. The van der Waals surface area contributed by atoms with Gasteiger partial charge in [-0.2, -0.15) is 0 Å². The summed E-state index contributed by atoms with van der Waals surface area (Å²) >= 11 is 0. The fourth-order valence-corrected chi connectivity index (χ4v) is 3.94. The number of aromatic nitrogens is 2. The Hall–Kier alpha value is -3.04. The zero-order valence-corrected chi connectivity index (χ0v) is 17.0.